The molecule has 0 spiro atoms. The number of nitrogens with one attached hydrogen (secondary N) is 1. The van der Waals surface area contributed by atoms with Crippen LogP contribution >= 0.6 is 12.2 Å². The number of methoxy groups -OCH3 is 1. The summed E-state index contributed by atoms with van der Waals surface area (Å²) < 4.78 is 5.25. The molecule has 1 aromatic carbocycles. The Morgan fingerprint density at radius 3 is 2.78 bits per heavy atom. The van der Waals surface area contributed by atoms with Gasteiger partial charge in [0, 0.05) is 12.7 Å². The Balaban J connectivity index is 1.76. The number of pyridine rings is 1. The first-order valence-electron chi connectivity index (χ1n) is 7.89. The van der Waals surface area contributed by atoms with Crippen molar-refractivity contribution in [1.82, 2.24) is 9.88 Å². The van der Waals surface area contributed by atoms with Crippen molar-refractivity contribution in [2.75, 3.05) is 19.0 Å². The van der Waals surface area contributed by atoms with E-state index in [0.717, 1.165) is 29.5 Å². The SMILES string of the molecule is COc1ccc([C@H]2CCCCN2C(=S)Nc2cccnc2)cc1. The smallest absolute Gasteiger partial charge is 0.173 e. The lowest BCUT2D eigenvalue weighted by Crippen LogP contribution is -2.41. The molecular formula is C18H21N3OS. The molecule has 0 unspecified atom stereocenters. The van der Waals surface area contributed by atoms with Crippen LogP contribution in [0.2, 0.25) is 0 Å². The van der Waals surface area contributed by atoms with Gasteiger partial charge in [-0.1, -0.05) is 12.1 Å². The fraction of sp³-hybridized carbons (Fsp3) is 0.333. The Morgan fingerprint density at radius 2 is 2.09 bits per heavy atom. The second kappa shape index (κ2) is 7.42. The van der Waals surface area contributed by atoms with Crippen LogP contribution in [0.15, 0.2) is 48.8 Å². The molecule has 2 aromatic rings. The molecular weight excluding hydrogens is 306 g/mol. The highest BCUT2D eigenvalue weighted by molar-refractivity contribution is 7.80. The van der Waals surface area contributed by atoms with Gasteiger partial charge in [0.05, 0.1) is 25.0 Å². The van der Waals surface area contributed by atoms with Crippen LogP contribution in [0, 0.1) is 0 Å². The molecule has 1 aromatic heterocycles. The van der Waals surface area contributed by atoms with Crippen molar-refractivity contribution < 1.29 is 4.74 Å². The van der Waals surface area contributed by atoms with Crippen LogP contribution in [0.1, 0.15) is 30.9 Å². The predicted octanol–water partition coefficient (Wildman–Crippen LogP) is 4.01. The molecule has 120 valence electrons. The second-order valence-electron chi connectivity index (χ2n) is 5.65. The monoisotopic (exact) mass is 327 g/mol. The Morgan fingerprint density at radius 1 is 1.26 bits per heavy atom. The summed E-state index contributed by atoms with van der Waals surface area (Å²) in [4.78, 5) is 6.41. The zero-order valence-corrected chi connectivity index (χ0v) is 14.1. The second-order valence-corrected chi connectivity index (χ2v) is 6.04. The summed E-state index contributed by atoms with van der Waals surface area (Å²) in [7, 11) is 1.69. The Hall–Kier alpha value is -2.14. The highest BCUT2D eigenvalue weighted by Crippen LogP contribution is 2.32. The molecule has 0 radical (unpaired) electrons. The van der Waals surface area contributed by atoms with Crippen LogP contribution in [0.4, 0.5) is 5.69 Å². The van der Waals surface area contributed by atoms with E-state index >= 15 is 0 Å². The molecule has 23 heavy (non-hydrogen) atoms. The van der Waals surface area contributed by atoms with E-state index in [-0.39, 0.29) is 0 Å². The van der Waals surface area contributed by atoms with Crippen molar-refractivity contribution in [3.05, 3.63) is 54.4 Å². The van der Waals surface area contributed by atoms with E-state index in [4.69, 9.17) is 17.0 Å². The molecule has 1 saturated heterocycles. The summed E-state index contributed by atoms with van der Waals surface area (Å²) >= 11 is 5.64. The van der Waals surface area contributed by atoms with Crippen LogP contribution in [0.25, 0.3) is 0 Å². The molecule has 0 aliphatic carbocycles. The Bertz CT molecular complexity index is 645. The minimum absolute atomic E-state index is 0.311. The van der Waals surface area contributed by atoms with E-state index in [0.29, 0.717) is 6.04 Å². The maximum atomic E-state index is 5.64. The van der Waals surface area contributed by atoms with Crippen molar-refractivity contribution in [2.45, 2.75) is 25.3 Å². The van der Waals surface area contributed by atoms with Crippen molar-refractivity contribution in [3.8, 4) is 5.75 Å². The number of ether oxygens (including phenoxy) is 1. The van der Waals surface area contributed by atoms with Gasteiger partial charge >= 0.3 is 0 Å². The molecule has 1 atom stereocenters. The number of aromatic nitrogens is 1. The number of anilines is 1. The molecule has 0 amide bonds. The van der Waals surface area contributed by atoms with E-state index in [1.54, 1.807) is 19.5 Å². The first kappa shape index (κ1) is 15.7. The molecule has 3 rings (SSSR count). The van der Waals surface area contributed by atoms with Crippen molar-refractivity contribution >= 4 is 23.0 Å². The highest BCUT2D eigenvalue weighted by atomic mass is 32.1. The summed E-state index contributed by atoms with van der Waals surface area (Å²) in [5.41, 5.74) is 2.21. The van der Waals surface area contributed by atoms with E-state index in [9.17, 15) is 0 Å². The standard InChI is InChI=1S/C18H21N3OS/c1-22-16-9-7-14(8-10-16)17-6-2-3-12-21(17)18(23)20-15-5-4-11-19-13-15/h4-5,7-11,13,17H,2-3,6,12H2,1H3,(H,20,23)/t17-/m1/s1. The van der Waals surface area contributed by atoms with Gasteiger partial charge in [-0.25, -0.2) is 0 Å². The van der Waals surface area contributed by atoms with Crippen LogP contribution < -0.4 is 10.1 Å². The third kappa shape index (κ3) is 3.79. The minimum Gasteiger partial charge on any atom is -0.497 e. The molecule has 1 N–H and O–H groups in total. The van der Waals surface area contributed by atoms with Crippen molar-refractivity contribution in [2.24, 2.45) is 0 Å². The van der Waals surface area contributed by atoms with Crippen LogP contribution in [0.5, 0.6) is 5.75 Å². The van der Waals surface area contributed by atoms with Gasteiger partial charge < -0.3 is 15.0 Å². The summed E-state index contributed by atoms with van der Waals surface area (Å²) in [5.74, 6) is 0.882. The predicted molar refractivity (Wildman–Crippen MR) is 96.7 cm³/mol. The number of likely N-dealkylation sites (tertiary alicyclic amines) is 1. The molecule has 2 heterocycles. The first-order valence-corrected chi connectivity index (χ1v) is 8.30. The largest absolute Gasteiger partial charge is 0.497 e. The maximum absolute atomic E-state index is 5.64. The number of piperidine rings is 1. The third-order valence-electron chi connectivity index (χ3n) is 4.18. The minimum atomic E-state index is 0.311. The molecule has 5 heteroatoms. The number of benzene rings is 1. The third-order valence-corrected chi connectivity index (χ3v) is 4.51. The van der Waals surface area contributed by atoms with Gasteiger partial charge in [0.1, 0.15) is 5.75 Å². The molecule has 1 aliphatic rings. The highest BCUT2D eigenvalue weighted by Gasteiger charge is 2.26. The summed E-state index contributed by atoms with van der Waals surface area (Å²) in [5, 5.41) is 4.07. The van der Waals surface area contributed by atoms with Crippen LogP contribution in [0.3, 0.4) is 0 Å². The Kier molecular flexibility index (Phi) is 5.08. The number of thiocarbonyl (C=S) groups is 1. The summed E-state index contributed by atoms with van der Waals surface area (Å²) in [6, 6.07) is 12.5. The fourth-order valence-electron chi connectivity index (χ4n) is 2.98. The topological polar surface area (TPSA) is 37.4 Å². The first-order chi connectivity index (χ1) is 11.3. The van der Waals surface area contributed by atoms with E-state index < -0.39 is 0 Å². The maximum Gasteiger partial charge on any atom is 0.173 e. The zero-order chi connectivity index (χ0) is 16.1. The lowest BCUT2D eigenvalue weighted by atomic mass is 9.95. The van der Waals surface area contributed by atoms with Gasteiger partial charge in [0.25, 0.3) is 0 Å². The van der Waals surface area contributed by atoms with Gasteiger partial charge in [-0.15, -0.1) is 0 Å². The number of nitrogens with zero attached hydrogens (tertiary/aromatic N) is 2. The van der Waals surface area contributed by atoms with Crippen LogP contribution in [-0.2, 0) is 0 Å². The lowest BCUT2D eigenvalue weighted by molar-refractivity contribution is 0.248. The van der Waals surface area contributed by atoms with Crippen LogP contribution in [-0.4, -0.2) is 28.7 Å². The van der Waals surface area contributed by atoms with E-state index in [1.807, 2.05) is 24.3 Å². The van der Waals surface area contributed by atoms with Gasteiger partial charge in [0.2, 0.25) is 0 Å². The van der Waals surface area contributed by atoms with E-state index in [1.165, 1.54) is 18.4 Å². The molecule has 4 nitrogen and oxygen atoms in total. The summed E-state index contributed by atoms with van der Waals surface area (Å²) in [6.07, 6.45) is 7.05. The molecule has 0 saturated carbocycles. The normalized spacial score (nSPS) is 17.6. The van der Waals surface area contributed by atoms with Gasteiger partial charge in [-0.2, -0.15) is 0 Å². The van der Waals surface area contributed by atoms with Gasteiger partial charge in [-0.3, -0.25) is 4.98 Å². The average molecular weight is 327 g/mol. The molecule has 1 aliphatic heterocycles. The number of hydrogen-bond donors (Lipinski definition) is 1. The van der Waals surface area contributed by atoms with Crippen molar-refractivity contribution in [1.29, 1.82) is 0 Å². The Labute approximate surface area is 142 Å². The fourth-order valence-corrected chi connectivity index (χ4v) is 3.32. The van der Waals surface area contributed by atoms with E-state index in [2.05, 4.69) is 27.3 Å². The summed E-state index contributed by atoms with van der Waals surface area (Å²) in [6.45, 7) is 0.975. The van der Waals surface area contributed by atoms with Gasteiger partial charge in [0.15, 0.2) is 5.11 Å². The zero-order valence-electron chi connectivity index (χ0n) is 13.2. The number of rotatable bonds is 3. The van der Waals surface area contributed by atoms with Crippen molar-refractivity contribution in [3.63, 3.8) is 0 Å². The lowest BCUT2D eigenvalue weighted by Gasteiger charge is -2.38. The number of hydrogen-bond acceptors (Lipinski definition) is 3. The quantitative estimate of drug-likeness (QED) is 0.862. The molecule has 1 fully saturated rings. The van der Waals surface area contributed by atoms with Gasteiger partial charge in [-0.05, 0) is 61.3 Å². The molecule has 0 bridgehead atoms. The average Bonchev–Trinajstić information content (AvgIpc) is 2.62.